The predicted octanol–water partition coefficient (Wildman–Crippen LogP) is 1.13. The molecule has 2 aromatic carbocycles. The number of quaternary nitrogens is 1. The van der Waals surface area contributed by atoms with Gasteiger partial charge >= 0.3 is 0 Å². The monoisotopic (exact) mass is 489 g/mol. The van der Waals surface area contributed by atoms with Crippen molar-refractivity contribution in [1.29, 1.82) is 0 Å². The number of nitrogens with two attached hydrogens (primary N) is 1. The summed E-state index contributed by atoms with van der Waals surface area (Å²) >= 11 is 0. The molecule has 1 amide bonds. The lowest BCUT2D eigenvalue weighted by Crippen LogP contribution is -3.14. The van der Waals surface area contributed by atoms with Gasteiger partial charge in [0.05, 0.1) is 30.8 Å². The third kappa shape index (κ3) is 4.29. The zero-order valence-electron chi connectivity index (χ0n) is 20.0. The molecule has 0 saturated carbocycles. The van der Waals surface area contributed by atoms with Gasteiger partial charge in [-0.1, -0.05) is 18.2 Å². The quantitative estimate of drug-likeness (QED) is 0.356. The molecule has 4 N–H and O–H groups in total. The summed E-state index contributed by atoms with van der Waals surface area (Å²) in [6.07, 6.45) is 0.913. The van der Waals surface area contributed by atoms with Gasteiger partial charge in [-0.2, -0.15) is 0 Å². The summed E-state index contributed by atoms with van der Waals surface area (Å²) in [5.41, 5.74) is 10.5. The second kappa shape index (κ2) is 9.63. The number of carbonyl (C=O) groups is 1. The highest BCUT2D eigenvalue weighted by Crippen LogP contribution is 2.33. The van der Waals surface area contributed by atoms with E-state index >= 15 is 0 Å². The van der Waals surface area contributed by atoms with Crippen LogP contribution in [0, 0.1) is 0 Å². The SMILES string of the molecule is Nc1c(C(=O)NCc2ccc3c(c2)OCO3)c2nc3ccccc3nc2n1CCC[NH+]1CCOCC1. The van der Waals surface area contributed by atoms with Crippen molar-refractivity contribution in [3.05, 3.63) is 53.6 Å². The summed E-state index contributed by atoms with van der Waals surface area (Å²) in [7, 11) is 0. The number of benzene rings is 2. The maximum atomic E-state index is 13.4. The van der Waals surface area contributed by atoms with Crippen molar-refractivity contribution in [3.8, 4) is 11.5 Å². The fourth-order valence-corrected chi connectivity index (χ4v) is 4.89. The Kier molecular flexibility index (Phi) is 6.04. The van der Waals surface area contributed by atoms with Gasteiger partial charge in [0.25, 0.3) is 5.91 Å². The summed E-state index contributed by atoms with van der Waals surface area (Å²) in [6, 6.07) is 13.3. The molecule has 0 radical (unpaired) electrons. The molecule has 0 spiro atoms. The fourth-order valence-electron chi connectivity index (χ4n) is 4.89. The lowest BCUT2D eigenvalue weighted by Gasteiger charge is -2.23. The number of nitrogens with zero attached hydrogens (tertiary/aromatic N) is 3. The number of hydrogen-bond acceptors (Lipinski definition) is 7. The number of nitrogens with one attached hydrogen (secondary N) is 2. The van der Waals surface area contributed by atoms with Gasteiger partial charge in [-0.3, -0.25) is 4.79 Å². The first-order valence-corrected chi connectivity index (χ1v) is 12.3. The molecule has 0 atom stereocenters. The molecule has 36 heavy (non-hydrogen) atoms. The number of fused-ring (bicyclic) bond motifs is 3. The van der Waals surface area contributed by atoms with Gasteiger partial charge in [-0.25, -0.2) is 9.97 Å². The molecule has 6 rings (SSSR count). The molecular weight excluding hydrogens is 460 g/mol. The van der Waals surface area contributed by atoms with Crippen molar-refractivity contribution in [2.75, 3.05) is 45.4 Å². The summed E-state index contributed by atoms with van der Waals surface area (Å²) in [6.45, 7) is 5.83. The van der Waals surface area contributed by atoms with E-state index in [1.807, 2.05) is 47.0 Å². The highest BCUT2D eigenvalue weighted by molar-refractivity contribution is 6.10. The Bertz CT molecular complexity index is 1430. The third-order valence-corrected chi connectivity index (χ3v) is 6.82. The molecule has 4 aromatic rings. The number of nitrogen functional groups attached to an aromatic ring is 1. The second-order valence-corrected chi connectivity index (χ2v) is 9.13. The van der Waals surface area contributed by atoms with Crippen LogP contribution < -0.4 is 25.4 Å². The Morgan fingerprint density at radius 3 is 2.67 bits per heavy atom. The van der Waals surface area contributed by atoms with Crippen LogP contribution in [0.5, 0.6) is 11.5 Å². The zero-order chi connectivity index (χ0) is 24.5. The third-order valence-electron chi connectivity index (χ3n) is 6.82. The molecule has 10 nitrogen and oxygen atoms in total. The number of ether oxygens (including phenoxy) is 3. The average Bonchev–Trinajstić information content (AvgIpc) is 3.48. The number of aryl methyl sites for hydroxylation is 1. The minimum atomic E-state index is -0.280. The van der Waals surface area contributed by atoms with Gasteiger partial charge in [0.15, 0.2) is 17.1 Å². The van der Waals surface area contributed by atoms with Crippen molar-refractivity contribution in [2.24, 2.45) is 0 Å². The largest absolute Gasteiger partial charge is 0.454 e. The maximum Gasteiger partial charge on any atom is 0.257 e. The van der Waals surface area contributed by atoms with Gasteiger partial charge in [0.1, 0.15) is 30.0 Å². The summed E-state index contributed by atoms with van der Waals surface area (Å²) < 4.78 is 18.2. The Labute approximate surface area is 207 Å². The molecule has 2 aliphatic rings. The van der Waals surface area contributed by atoms with E-state index in [1.54, 1.807) is 0 Å². The van der Waals surface area contributed by atoms with E-state index in [9.17, 15) is 4.79 Å². The minimum absolute atomic E-state index is 0.209. The lowest BCUT2D eigenvalue weighted by atomic mass is 10.2. The fraction of sp³-hybridized carbons (Fsp3) is 0.346. The standard InChI is InChI=1S/C26H28N6O4/c27-24-22(26(33)28-15-17-6-7-20-21(14-17)36-16-35-20)23-25(30-19-5-2-1-4-18(19)29-23)32(24)9-3-8-31-10-12-34-13-11-31/h1-2,4-7,14H,3,8-13,15-16,27H2,(H,28,33)/p+1. The van der Waals surface area contributed by atoms with E-state index in [4.69, 9.17) is 29.9 Å². The molecule has 0 aliphatic carbocycles. The summed E-state index contributed by atoms with van der Waals surface area (Å²) in [4.78, 5) is 24.6. The predicted molar refractivity (Wildman–Crippen MR) is 134 cm³/mol. The van der Waals surface area contributed by atoms with E-state index in [0.29, 0.717) is 47.1 Å². The van der Waals surface area contributed by atoms with E-state index < -0.39 is 0 Å². The number of para-hydroxylation sites is 2. The molecule has 186 valence electrons. The number of aromatic nitrogens is 3. The molecular formula is C26H29N6O4+. The number of morpholine rings is 1. The molecule has 2 aliphatic heterocycles. The first-order valence-electron chi connectivity index (χ1n) is 12.3. The summed E-state index contributed by atoms with van der Waals surface area (Å²) in [5, 5.41) is 2.99. The second-order valence-electron chi connectivity index (χ2n) is 9.13. The van der Waals surface area contributed by atoms with Gasteiger partial charge in [-0.05, 0) is 29.8 Å². The average molecular weight is 490 g/mol. The Hall–Kier alpha value is -3.89. The van der Waals surface area contributed by atoms with E-state index in [2.05, 4.69) is 5.32 Å². The van der Waals surface area contributed by atoms with Gasteiger partial charge in [0, 0.05) is 19.5 Å². The van der Waals surface area contributed by atoms with Crippen LogP contribution >= 0.6 is 0 Å². The molecule has 2 aromatic heterocycles. The van der Waals surface area contributed by atoms with E-state index in [-0.39, 0.29) is 12.7 Å². The normalized spacial score (nSPS) is 15.6. The maximum absolute atomic E-state index is 13.4. The molecule has 0 unspecified atom stereocenters. The first-order chi connectivity index (χ1) is 17.7. The van der Waals surface area contributed by atoms with Crippen LogP contribution in [0.2, 0.25) is 0 Å². The van der Waals surface area contributed by atoms with Crippen LogP contribution in [0.1, 0.15) is 22.3 Å². The Balaban J connectivity index is 1.28. The van der Waals surface area contributed by atoms with Crippen LogP contribution in [0.3, 0.4) is 0 Å². The summed E-state index contributed by atoms with van der Waals surface area (Å²) in [5.74, 6) is 1.49. The minimum Gasteiger partial charge on any atom is -0.454 e. The smallest absolute Gasteiger partial charge is 0.257 e. The van der Waals surface area contributed by atoms with E-state index in [1.165, 1.54) is 4.90 Å². The van der Waals surface area contributed by atoms with Crippen molar-refractivity contribution < 1.29 is 23.9 Å². The van der Waals surface area contributed by atoms with Crippen LogP contribution in [0.15, 0.2) is 42.5 Å². The number of rotatable bonds is 7. The number of anilines is 1. The van der Waals surface area contributed by atoms with Crippen LogP contribution in [-0.2, 0) is 17.8 Å². The number of carbonyl (C=O) groups excluding carboxylic acids is 1. The lowest BCUT2D eigenvalue weighted by molar-refractivity contribution is -0.908. The van der Waals surface area contributed by atoms with Gasteiger partial charge in [0.2, 0.25) is 6.79 Å². The van der Waals surface area contributed by atoms with Crippen molar-refractivity contribution in [1.82, 2.24) is 19.9 Å². The van der Waals surface area contributed by atoms with Crippen molar-refractivity contribution in [2.45, 2.75) is 19.5 Å². The van der Waals surface area contributed by atoms with Crippen LogP contribution in [0.25, 0.3) is 22.2 Å². The zero-order valence-corrected chi connectivity index (χ0v) is 20.0. The number of hydrogen-bond donors (Lipinski definition) is 3. The highest BCUT2D eigenvalue weighted by Gasteiger charge is 2.24. The van der Waals surface area contributed by atoms with Gasteiger partial charge < -0.3 is 34.7 Å². The molecule has 1 fully saturated rings. The van der Waals surface area contributed by atoms with Crippen LogP contribution in [0.4, 0.5) is 5.82 Å². The Morgan fingerprint density at radius 2 is 1.83 bits per heavy atom. The molecule has 10 heteroatoms. The van der Waals surface area contributed by atoms with Crippen LogP contribution in [-0.4, -0.2) is 60.1 Å². The first kappa shape index (κ1) is 22.6. The highest BCUT2D eigenvalue weighted by atomic mass is 16.7. The molecule has 1 saturated heterocycles. The van der Waals surface area contributed by atoms with Crippen molar-refractivity contribution >= 4 is 33.9 Å². The number of amides is 1. The van der Waals surface area contributed by atoms with E-state index in [0.717, 1.165) is 55.9 Å². The topological polar surface area (TPSA) is 118 Å². The molecule has 0 bridgehead atoms. The Morgan fingerprint density at radius 1 is 1.06 bits per heavy atom. The molecule has 4 heterocycles. The van der Waals surface area contributed by atoms with Gasteiger partial charge in [-0.15, -0.1) is 0 Å². The van der Waals surface area contributed by atoms with Crippen molar-refractivity contribution in [3.63, 3.8) is 0 Å².